The summed E-state index contributed by atoms with van der Waals surface area (Å²) < 4.78 is 5.29. The molecular weight excluding hydrogens is 306 g/mol. The maximum absolute atomic E-state index is 12.2. The lowest BCUT2D eigenvalue weighted by atomic mass is 10.1. The van der Waals surface area contributed by atoms with Crippen LogP contribution in [0.3, 0.4) is 0 Å². The number of H-pyrrole nitrogens is 1. The molecule has 1 aromatic heterocycles. The number of carbonyl (C=O) groups excluding carboxylic acids is 2. The first-order chi connectivity index (χ1) is 10.6. The van der Waals surface area contributed by atoms with Gasteiger partial charge in [-0.3, -0.25) is 9.89 Å². The van der Waals surface area contributed by atoms with Gasteiger partial charge in [0, 0.05) is 29.5 Å². The van der Waals surface area contributed by atoms with E-state index in [-0.39, 0.29) is 18.4 Å². The Morgan fingerprint density at radius 3 is 2.95 bits per heavy atom. The van der Waals surface area contributed by atoms with Crippen LogP contribution in [0.5, 0.6) is 0 Å². The molecule has 1 aliphatic heterocycles. The molecule has 6 nitrogen and oxygen atoms in total. The minimum atomic E-state index is -0.483. The van der Waals surface area contributed by atoms with Crippen LogP contribution in [-0.4, -0.2) is 35.2 Å². The van der Waals surface area contributed by atoms with Crippen LogP contribution in [-0.2, 0) is 9.53 Å². The van der Waals surface area contributed by atoms with Gasteiger partial charge >= 0.3 is 5.97 Å². The molecule has 22 heavy (non-hydrogen) atoms. The number of hydrogen-bond donors (Lipinski definition) is 2. The molecule has 0 spiro atoms. The third-order valence-corrected chi connectivity index (χ3v) is 3.84. The normalized spacial score (nSPS) is 17.3. The smallest absolute Gasteiger partial charge is 0.341 e. The van der Waals surface area contributed by atoms with E-state index in [1.54, 1.807) is 12.1 Å². The van der Waals surface area contributed by atoms with Crippen molar-refractivity contribution in [3.05, 3.63) is 41.0 Å². The van der Waals surface area contributed by atoms with E-state index >= 15 is 0 Å². The molecule has 0 radical (unpaired) electrons. The molecule has 3 rings (SSSR count). The quantitative estimate of drug-likeness (QED) is 0.844. The maximum atomic E-state index is 12.2. The van der Waals surface area contributed by atoms with Crippen LogP contribution < -0.4 is 5.32 Å². The van der Waals surface area contributed by atoms with E-state index in [0.717, 1.165) is 0 Å². The number of ether oxygens (including phenoxy) is 1. The lowest BCUT2D eigenvalue weighted by molar-refractivity contribution is -0.119. The summed E-state index contributed by atoms with van der Waals surface area (Å²) in [5.41, 5.74) is 1.54. The molecule has 1 atom stereocenters. The first-order valence-electron chi connectivity index (χ1n) is 6.87. The van der Waals surface area contributed by atoms with Gasteiger partial charge in [0.15, 0.2) is 0 Å². The van der Waals surface area contributed by atoms with Crippen molar-refractivity contribution in [1.82, 2.24) is 15.5 Å². The van der Waals surface area contributed by atoms with E-state index in [0.29, 0.717) is 34.8 Å². The average molecular weight is 320 g/mol. The molecule has 1 aromatic carbocycles. The number of carbonyl (C=O) groups is 2. The van der Waals surface area contributed by atoms with Gasteiger partial charge in [-0.15, -0.1) is 0 Å². The monoisotopic (exact) mass is 319 g/mol. The van der Waals surface area contributed by atoms with Gasteiger partial charge in [-0.05, 0) is 6.07 Å². The molecular formula is C15H14ClN3O3. The van der Waals surface area contributed by atoms with Crippen molar-refractivity contribution in [3.8, 4) is 11.3 Å². The molecule has 7 heteroatoms. The summed E-state index contributed by atoms with van der Waals surface area (Å²) in [6.45, 7) is 0.736. The van der Waals surface area contributed by atoms with Gasteiger partial charge in [-0.2, -0.15) is 5.10 Å². The van der Waals surface area contributed by atoms with Gasteiger partial charge in [-0.1, -0.05) is 29.8 Å². The third kappa shape index (κ3) is 2.96. The Morgan fingerprint density at radius 2 is 2.23 bits per heavy atom. The first-order valence-corrected chi connectivity index (χ1v) is 7.25. The van der Waals surface area contributed by atoms with Crippen molar-refractivity contribution in [1.29, 1.82) is 0 Å². The zero-order valence-corrected chi connectivity index (χ0v) is 12.4. The fourth-order valence-corrected chi connectivity index (χ4v) is 2.59. The summed E-state index contributed by atoms with van der Waals surface area (Å²) in [6, 6.07) is 7.17. The van der Waals surface area contributed by atoms with Gasteiger partial charge in [0.1, 0.15) is 5.56 Å². The third-order valence-electron chi connectivity index (χ3n) is 3.51. The number of halogens is 1. The van der Waals surface area contributed by atoms with E-state index in [1.165, 1.54) is 6.20 Å². The molecule has 114 valence electrons. The number of esters is 1. The molecule has 2 aromatic rings. The number of nitrogens with one attached hydrogen (secondary N) is 2. The Kier molecular flexibility index (Phi) is 4.11. The van der Waals surface area contributed by atoms with Crippen molar-refractivity contribution in [2.75, 3.05) is 13.2 Å². The standard InChI is InChI=1S/C15H14ClN3O3/c16-12-4-2-1-3-10(12)14-11(7-18-19-14)15(21)22-8-9-5-13(20)17-6-9/h1-4,7,9H,5-6,8H2,(H,17,20)(H,18,19)/t9-/m1/s1. The number of amides is 1. The summed E-state index contributed by atoms with van der Waals surface area (Å²) in [5.74, 6) is -0.476. The SMILES string of the molecule is O=C1C[C@@H](COC(=O)c2cn[nH]c2-c2ccccc2Cl)CN1. The van der Waals surface area contributed by atoms with E-state index in [1.807, 2.05) is 12.1 Å². The summed E-state index contributed by atoms with van der Waals surface area (Å²) in [6.07, 6.45) is 1.80. The second-order valence-corrected chi connectivity index (χ2v) is 5.52. The number of aromatic amines is 1. The highest BCUT2D eigenvalue weighted by Crippen LogP contribution is 2.28. The second-order valence-electron chi connectivity index (χ2n) is 5.11. The number of hydrogen-bond acceptors (Lipinski definition) is 4. The summed E-state index contributed by atoms with van der Waals surface area (Å²) in [7, 11) is 0. The topological polar surface area (TPSA) is 84.1 Å². The number of rotatable bonds is 4. The minimum absolute atomic E-state index is 0.0129. The van der Waals surface area contributed by atoms with Gasteiger partial charge in [0.25, 0.3) is 0 Å². The predicted octanol–water partition coefficient (Wildman–Crippen LogP) is 2.02. The number of benzene rings is 1. The predicted molar refractivity (Wildman–Crippen MR) is 80.4 cm³/mol. The highest BCUT2D eigenvalue weighted by atomic mass is 35.5. The lowest BCUT2D eigenvalue weighted by Gasteiger charge is -2.09. The average Bonchev–Trinajstić information content (AvgIpc) is 3.14. The Bertz CT molecular complexity index is 714. The highest BCUT2D eigenvalue weighted by Gasteiger charge is 2.24. The van der Waals surface area contributed by atoms with Gasteiger partial charge in [-0.25, -0.2) is 4.79 Å². The van der Waals surface area contributed by atoms with Crippen LogP contribution in [0.2, 0.25) is 5.02 Å². The Morgan fingerprint density at radius 1 is 1.41 bits per heavy atom. The molecule has 1 fully saturated rings. The van der Waals surface area contributed by atoms with Crippen LogP contribution in [0.15, 0.2) is 30.5 Å². The van der Waals surface area contributed by atoms with E-state index < -0.39 is 5.97 Å². The van der Waals surface area contributed by atoms with Crippen LogP contribution in [0.25, 0.3) is 11.3 Å². The zero-order chi connectivity index (χ0) is 15.5. The molecule has 1 saturated heterocycles. The fourth-order valence-electron chi connectivity index (χ4n) is 2.36. The van der Waals surface area contributed by atoms with Crippen LogP contribution >= 0.6 is 11.6 Å². The summed E-state index contributed by atoms with van der Waals surface area (Å²) >= 11 is 6.14. The van der Waals surface area contributed by atoms with Gasteiger partial charge < -0.3 is 10.1 Å². The van der Waals surface area contributed by atoms with Crippen molar-refractivity contribution < 1.29 is 14.3 Å². The van der Waals surface area contributed by atoms with Crippen molar-refractivity contribution in [2.45, 2.75) is 6.42 Å². The molecule has 0 unspecified atom stereocenters. The molecule has 2 heterocycles. The summed E-state index contributed by atoms with van der Waals surface area (Å²) in [5, 5.41) is 9.91. The number of aromatic nitrogens is 2. The minimum Gasteiger partial charge on any atom is -0.462 e. The van der Waals surface area contributed by atoms with E-state index in [2.05, 4.69) is 15.5 Å². The van der Waals surface area contributed by atoms with Crippen LogP contribution in [0, 0.1) is 5.92 Å². The zero-order valence-electron chi connectivity index (χ0n) is 11.6. The Labute approximate surface area is 131 Å². The molecule has 0 aliphatic carbocycles. The maximum Gasteiger partial charge on any atom is 0.341 e. The Balaban J connectivity index is 1.73. The van der Waals surface area contributed by atoms with Crippen LogP contribution in [0.4, 0.5) is 0 Å². The largest absolute Gasteiger partial charge is 0.462 e. The van der Waals surface area contributed by atoms with Gasteiger partial charge in [0.05, 0.1) is 18.5 Å². The fraction of sp³-hybridized carbons (Fsp3) is 0.267. The Hall–Kier alpha value is -2.34. The first kappa shape index (κ1) is 14.6. The van der Waals surface area contributed by atoms with E-state index in [4.69, 9.17) is 16.3 Å². The van der Waals surface area contributed by atoms with Crippen LogP contribution in [0.1, 0.15) is 16.8 Å². The molecule has 0 saturated carbocycles. The van der Waals surface area contributed by atoms with Crippen molar-refractivity contribution in [2.24, 2.45) is 5.92 Å². The van der Waals surface area contributed by atoms with Crippen molar-refractivity contribution in [3.63, 3.8) is 0 Å². The lowest BCUT2D eigenvalue weighted by Crippen LogP contribution is -2.17. The molecule has 2 N–H and O–H groups in total. The molecule has 1 aliphatic rings. The highest BCUT2D eigenvalue weighted by molar-refractivity contribution is 6.33. The van der Waals surface area contributed by atoms with E-state index in [9.17, 15) is 9.59 Å². The molecule has 0 bridgehead atoms. The van der Waals surface area contributed by atoms with Crippen molar-refractivity contribution >= 4 is 23.5 Å². The summed E-state index contributed by atoms with van der Waals surface area (Å²) in [4.78, 5) is 23.3. The number of nitrogens with zero attached hydrogens (tertiary/aromatic N) is 1. The van der Waals surface area contributed by atoms with Gasteiger partial charge in [0.2, 0.25) is 5.91 Å². The second kappa shape index (κ2) is 6.19. The molecule has 1 amide bonds.